The van der Waals surface area contributed by atoms with Gasteiger partial charge in [0.25, 0.3) is 0 Å². The first-order valence-electron chi connectivity index (χ1n) is 3.99. The lowest BCUT2D eigenvalue weighted by atomic mass is 10.2. The first kappa shape index (κ1) is 8.38. The van der Waals surface area contributed by atoms with Crippen molar-refractivity contribution in [2.24, 2.45) is 0 Å². The molecule has 3 nitrogen and oxygen atoms in total. The summed E-state index contributed by atoms with van der Waals surface area (Å²) in [5.74, 6) is 3.35. The third-order valence-corrected chi connectivity index (χ3v) is 3.52. The fraction of sp³-hybridized carbons (Fsp3) is 0.714. The molecule has 12 heavy (non-hydrogen) atoms. The average Bonchev–Trinajstić information content (AvgIpc) is 2.75. The van der Waals surface area contributed by atoms with Gasteiger partial charge in [0.1, 0.15) is 5.82 Å². The van der Waals surface area contributed by atoms with Crippen molar-refractivity contribution < 1.29 is 0 Å². The van der Waals surface area contributed by atoms with Crippen LogP contribution < -0.4 is 0 Å². The van der Waals surface area contributed by atoms with Gasteiger partial charge in [0.05, 0.1) is 11.1 Å². The van der Waals surface area contributed by atoms with Crippen molar-refractivity contribution >= 4 is 23.4 Å². The maximum Gasteiger partial charge on any atom is 0.163 e. The maximum absolute atomic E-state index is 5.61. The van der Waals surface area contributed by atoms with E-state index in [0.29, 0.717) is 11.1 Å². The van der Waals surface area contributed by atoms with Crippen LogP contribution in [-0.4, -0.2) is 20.9 Å². The molecule has 2 heterocycles. The Labute approximate surface area is 80.3 Å². The number of thioether (sulfide) groups is 1. The SMILES string of the molecule is ClCc1nc(C2CCCS2)n[nH]1. The third kappa shape index (κ3) is 1.59. The molecule has 0 radical (unpaired) electrons. The van der Waals surface area contributed by atoms with E-state index in [1.807, 2.05) is 11.8 Å². The number of hydrogen-bond donors (Lipinski definition) is 1. The van der Waals surface area contributed by atoms with E-state index in [2.05, 4.69) is 15.2 Å². The van der Waals surface area contributed by atoms with Crippen molar-refractivity contribution in [2.75, 3.05) is 5.75 Å². The fourth-order valence-corrected chi connectivity index (χ4v) is 2.62. The molecule has 1 unspecified atom stereocenters. The number of nitrogens with one attached hydrogen (secondary N) is 1. The van der Waals surface area contributed by atoms with Gasteiger partial charge in [-0.1, -0.05) is 0 Å². The molecular weight excluding hydrogens is 194 g/mol. The van der Waals surface area contributed by atoms with Crippen LogP contribution in [0.2, 0.25) is 0 Å². The van der Waals surface area contributed by atoms with Crippen LogP contribution in [0.1, 0.15) is 29.7 Å². The summed E-state index contributed by atoms with van der Waals surface area (Å²) >= 11 is 7.54. The molecule has 0 aromatic carbocycles. The van der Waals surface area contributed by atoms with Crippen LogP contribution in [0.25, 0.3) is 0 Å². The summed E-state index contributed by atoms with van der Waals surface area (Å²) in [6.07, 6.45) is 2.48. The monoisotopic (exact) mass is 203 g/mol. The summed E-state index contributed by atoms with van der Waals surface area (Å²) in [5, 5.41) is 7.45. The molecule has 1 aromatic heterocycles. The summed E-state index contributed by atoms with van der Waals surface area (Å²) in [5.41, 5.74) is 0. The molecule has 1 N–H and O–H groups in total. The molecule has 0 bridgehead atoms. The molecule has 1 saturated heterocycles. The highest BCUT2D eigenvalue weighted by Crippen LogP contribution is 2.37. The lowest BCUT2D eigenvalue weighted by molar-refractivity contribution is 0.781. The second kappa shape index (κ2) is 3.66. The number of aromatic amines is 1. The first-order valence-corrected chi connectivity index (χ1v) is 5.57. The summed E-state index contributed by atoms with van der Waals surface area (Å²) in [6, 6.07) is 0. The Hall–Kier alpha value is -0.220. The van der Waals surface area contributed by atoms with Crippen molar-refractivity contribution in [1.82, 2.24) is 15.2 Å². The van der Waals surface area contributed by atoms with E-state index >= 15 is 0 Å². The molecule has 1 aliphatic heterocycles. The van der Waals surface area contributed by atoms with Gasteiger partial charge in [0.2, 0.25) is 0 Å². The van der Waals surface area contributed by atoms with Gasteiger partial charge >= 0.3 is 0 Å². The Bertz CT molecular complexity index is 257. The smallest absolute Gasteiger partial charge is 0.163 e. The van der Waals surface area contributed by atoms with Crippen LogP contribution in [0, 0.1) is 0 Å². The molecule has 0 saturated carbocycles. The van der Waals surface area contributed by atoms with Gasteiger partial charge in [-0.3, -0.25) is 5.10 Å². The van der Waals surface area contributed by atoms with E-state index in [1.165, 1.54) is 18.6 Å². The van der Waals surface area contributed by atoms with Crippen molar-refractivity contribution in [1.29, 1.82) is 0 Å². The number of alkyl halides is 1. The Morgan fingerprint density at radius 2 is 2.58 bits per heavy atom. The van der Waals surface area contributed by atoms with Crippen LogP contribution in [0.4, 0.5) is 0 Å². The zero-order valence-corrected chi connectivity index (χ0v) is 8.16. The third-order valence-electron chi connectivity index (χ3n) is 1.89. The van der Waals surface area contributed by atoms with Gasteiger partial charge in [-0.2, -0.15) is 16.9 Å². The van der Waals surface area contributed by atoms with Crippen LogP contribution >= 0.6 is 23.4 Å². The highest BCUT2D eigenvalue weighted by molar-refractivity contribution is 7.99. The number of H-pyrrole nitrogens is 1. The highest BCUT2D eigenvalue weighted by atomic mass is 35.5. The second-order valence-electron chi connectivity index (χ2n) is 2.78. The van der Waals surface area contributed by atoms with Crippen molar-refractivity contribution in [3.8, 4) is 0 Å². The van der Waals surface area contributed by atoms with E-state index in [9.17, 15) is 0 Å². The van der Waals surface area contributed by atoms with E-state index < -0.39 is 0 Å². The van der Waals surface area contributed by atoms with E-state index in [0.717, 1.165) is 11.6 Å². The van der Waals surface area contributed by atoms with Gasteiger partial charge in [-0.05, 0) is 18.6 Å². The van der Waals surface area contributed by atoms with Crippen LogP contribution in [0.3, 0.4) is 0 Å². The molecule has 1 atom stereocenters. The quantitative estimate of drug-likeness (QED) is 0.749. The predicted octanol–water partition coefficient (Wildman–Crippen LogP) is 2.11. The molecule has 1 aromatic rings. The normalized spacial score (nSPS) is 23.2. The minimum atomic E-state index is 0.421. The maximum atomic E-state index is 5.61. The minimum absolute atomic E-state index is 0.421. The molecule has 1 fully saturated rings. The molecule has 0 aliphatic carbocycles. The summed E-state index contributed by atoms with van der Waals surface area (Å²) < 4.78 is 0. The zero-order chi connectivity index (χ0) is 8.39. The van der Waals surface area contributed by atoms with Crippen LogP contribution in [-0.2, 0) is 5.88 Å². The van der Waals surface area contributed by atoms with Gasteiger partial charge in [0.15, 0.2) is 5.82 Å². The average molecular weight is 204 g/mol. The first-order chi connectivity index (χ1) is 5.90. The van der Waals surface area contributed by atoms with Gasteiger partial charge in [0, 0.05) is 0 Å². The molecule has 66 valence electrons. The van der Waals surface area contributed by atoms with Crippen molar-refractivity contribution in [3.63, 3.8) is 0 Å². The summed E-state index contributed by atoms with van der Waals surface area (Å²) in [6.45, 7) is 0. The second-order valence-corrected chi connectivity index (χ2v) is 4.35. The minimum Gasteiger partial charge on any atom is -0.262 e. The lowest BCUT2D eigenvalue weighted by Gasteiger charge is -1.99. The van der Waals surface area contributed by atoms with Crippen LogP contribution in [0.15, 0.2) is 0 Å². The van der Waals surface area contributed by atoms with Gasteiger partial charge in [-0.15, -0.1) is 11.6 Å². The van der Waals surface area contributed by atoms with Crippen molar-refractivity contribution in [3.05, 3.63) is 11.6 Å². The summed E-state index contributed by atoms with van der Waals surface area (Å²) in [4.78, 5) is 4.29. The lowest BCUT2D eigenvalue weighted by Crippen LogP contribution is -1.91. The van der Waals surface area contributed by atoms with E-state index in [4.69, 9.17) is 11.6 Å². The molecule has 0 amide bonds. The van der Waals surface area contributed by atoms with Crippen LogP contribution in [0.5, 0.6) is 0 Å². The van der Waals surface area contributed by atoms with E-state index in [-0.39, 0.29) is 0 Å². The zero-order valence-electron chi connectivity index (χ0n) is 6.59. The van der Waals surface area contributed by atoms with Gasteiger partial charge in [-0.25, -0.2) is 4.98 Å². The summed E-state index contributed by atoms with van der Waals surface area (Å²) in [7, 11) is 0. The highest BCUT2D eigenvalue weighted by Gasteiger charge is 2.21. The predicted molar refractivity (Wildman–Crippen MR) is 50.4 cm³/mol. The number of nitrogens with zero attached hydrogens (tertiary/aromatic N) is 2. The Morgan fingerprint density at radius 3 is 3.17 bits per heavy atom. The number of hydrogen-bond acceptors (Lipinski definition) is 3. The standard InChI is InChI=1S/C7H10ClN3S/c8-4-6-9-7(11-10-6)5-2-1-3-12-5/h5H,1-4H2,(H,9,10,11). The number of rotatable bonds is 2. The largest absolute Gasteiger partial charge is 0.262 e. The van der Waals surface area contributed by atoms with Crippen molar-refractivity contribution in [2.45, 2.75) is 24.0 Å². The Morgan fingerprint density at radius 1 is 1.67 bits per heavy atom. The molecule has 0 spiro atoms. The Balaban J connectivity index is 2.11. The molecule has 1 aliphatic rings. The topological polar surface area (TPSA) is 41.6 Å². The molecular formula is C7H10ClN3S. The number of aromatic nitrogens is 3. The molecule has 2 rings (SSSR count). The van der Waals surface area contributed by atoms with Gasteiger partial charge < -0.3 is 0 Å². The fourth-order valence-electron chi connectivity index (χ4n) is 1.30. The molecule has 5 heteroatoms. The Kier molecular flexibility index (Phi) is 2.56. The number of halogens is 1. The van der Waals surface area contributed by atoms with E-state index in [1.54, 1.807) is 0 Å².